The van der Waals surface area contributed by atoms with E-state index in [9.17, 15) is 23.3 Å². The van der Waals surface area contributed by atoms with E-state index in [2.05, 4.69) is 16.6 Å². The molecule has 2 aromatic rings. The molecule has 0 fully saturated rings. The first-order valence-electron chi connectivity index (χ1n) is 7.76. The first kappa shape index (κ1) is 20.0. The quantitative estimate of drug-likeness (QED) is 0.312. The molecule has 0 aliphatic carbocycles. The molecule has 27 heavy (non-hydrogen) atoms. The van der Waals surface area contributed by atoms with Crippen molar-refractivity contribution in [2.24, 2.45) is 0 Å². The van der Waals surface area contributed by atoms with Gasteiger partial charge in [-0.3, -0.25) is 14.9 Å². The van der Waals surface area contributed by atoms with Gasteiger partial charge in [-0.25, -0.2) is 13.1 Å². The molecule has 0 saturated heterocycles. The monoisotopic (exact) mass is 387 g/mol. The van der Waals surface area contributed by atoms with Gasteiger partial charge in [0.15, 0.2) is 0 Å². The number of hydrogen-bond acceptors (Lipinski definition) is 5. The molecule has 9 heteroatoms. The van der Waals surface area contributed by atoms with Crippen LogP contribution >= 0.6 is 0 Å². The summed E-state index contributed by atoms with van der Waals surface area (Å²) in [6.07, 6.45) is 4.22. The van der Waals surface area contributed by atoms with E-state index in [1.54, 1.807) is 0 Å². The minimum atomic E-state index is -3.62. The van der Waals surface area contributed by atoms with Crippen LogP contribution in [-0.4, -0.2) is 25.8 Å². The standard InChI is InChI=1S/C18H17N3O5S/c1-2-13-19-27(25,26)17-10-6-15(7-11-17)20-18(22)12-5-14-3-8-16(9-4-14)21(23)24/h2-12,19H,1,13H2,(H,20,22)/b12-5+. The van der Waals surface area contributed by atoms with Gasteiger partial charge in [-0.2, -0.15) is 0 Å². The highest BCUT2D eigenvalue weighted by Gasteiger charge is 2.12. The van der Waals surface area contributed by atoms with Gasteiger partial charge in [-0.1, -0.05) is 6.08 Å². The zero-order chi connectivity index (χ0) is 19.9. The summed E-state index contributed by atoms with van der Waals surface area (Å²) in [5.41, 5.74) is 1.02. The summed E-state index contributed by atoms with van der Waals surface area (Å²) in [6, 6.07) is 11.4. The predicted molar refractivity (Wildman–Crippen MR) is 103 cm³/mol. The van der Waals surface area contributed by atoms with Crippen molar-refractivity contribution in [3.63, 3.8) is 0 Å². The molecule has 0 heterocycles. The molecular weight excluding hydrogens is 370 g/mol. The van der Waals surface area contributed by atoms with Crippen LogP contribution in [0, 0.1) is 10.1 Å². The minimum Gasteiger partial charge on any atom is -0.323 e. The lowest BCUT2D eigenvalue weighted by atomic mass is 10.2. The van der Waals surface area contributed by atoms with Gasteiger partial charge in [0.05, 0.1) is 9.82 Å². The molecule has 0 spiro atoms. The molecule has 0 saturated carbocycles. The number of nitro benzene ring substituents is 1. The van der Waals surface area contributed by atoms with Gasteiger partial charge in [-0.05, 0) is 48.0 Å². The number of sulfonamides is 1. The van der Waals surface area contributed by atoms with Crippen molar-refractivity contribution in [3.8, 4) is 0 Å². The number of amides is 1. The maximum atomic E-state index is 12.0. The maximum Gasteiger partial charge on any atom is 0.269 e. The Morgan fingerprint density at radius 2 is 1.74 bits per heavy atom. The summed E-state index contributed by atoms with van der Waals surface area (Å²) in [4.78, 5) is 22.1. The summed E-state index contributed by atoms with van der Waals surface area (Å²) >= 11 is 0. The van der Waals surface area contributed by atoms with E-state index in [0.29, 0.717) is 11.3 Å². The first-order valence-corrected chi connectivity index (χ1v) is 9.24. The summed E-state index contributed by atoms with van der Waals surface area (Å²) in [6.45, 7) is 3.56. The third kappa shape index (κ3) is 5.87. The number of anilines is 1. The first-order chi connectivity index (χ1) is 12.8. The fraction of sp³-hybridized carbons (Fsp3) is 0.0556. The lowest BCUT2D eigenvalue weighted by molar-refractivity contribution is -0.384. The van der Waals surface area contributed by atoms with Crippen LogP contribution in [-0.2, 0) is 14.8 Å². The van der Waals surface area contributed by atoms with Gasteiger partial charge in [0.25, 0.3) is 5.69 Å². The topological polar surface area (TPSA) is 118 Å². The maximum absolute atomic E-state index is 12.0. The van der Waals surface area contributed by atoms with Gasteiger partial charge >= 0.3 is 0 Å². The Bertz CT molecular complexity index is 965. The zero-order valence-electron chi connectivity index (χ0n) is 14.2. The number of benzene rings is 2. The largest absolute Gasteiger partial charge is 0.323 e. The lowest BCUT2D eigenvalue weighted by Gasteiger charge is -2.06. The van der Waals surface area contributed by atoms with E-state index in [0.717, 1.165) is 0 Å². The Kier molecular flexibility index (Phi) is 6.58. The average Bonchev–Trinajstić information content (AvgIpc) is 2.65. The van der Waals surface area contributed by atoms with Gasteiger partial charge in [-0.15, -0.1) is 6.58 Å². The summed E-state index contributed by atoms with van der Waals surface area (Å²) < 4.78 is 26.2. The fourth-order valence-electron chi connectivity index (χ4n) is 2.03. The molecule has 2 N–H and O–H groups in total. The van der Waals surface area contributed by atoms with Crippen LogP contribution in [0.2, 0.25) is 0 Å². The van der Waals surface area contributed by atoms with E-state index in [4.69, 9.17) is 0 Å². The van der Waals surface area contributed by atoms with Crippen molar-refractivity contribution in [3.05, 3.63) is 82.9 Å². The second-order valence-electron chi connectivity index (χ2n) is 5.34. The normalized spacial score (nSPS) is 11.3. The smallest absolute Gasteiger partial charge is 0.269 e. The van der Waals surface area contributed by atoms with Gasteiger partial charge < -0.3 is 5.32 Å². The third-order valence-electron chi connectivity index (χ3n) is 3.38. The molecule has 0 aliphatic rings. The molecule has 0 unspecified atom stereocenters. The van der Waals surface area contributed by atoms with Crippen LogP contribution in [0.4, 0.5) is 11.4 Å². The molecule has 0 bridgehead atoms. The number of hydrogen-bond donors (Lipinski definition) is 2. The van der Waals surface area contributed by atoms with E-state index in [1.165, 1.54) is 66.8 Å². The van der Waals surface area contributed by atoms with E-state index in [1.807, 2.05) is 0 Å². The summed E-state index contributed by atoms with van der Waals surface area (Å²) in [7, 11) is -3.62. The highest BCUT2D eigenvalue weighted by molar-refractivity contribution is 7.89. The number of carbonyl (C=O) groups is 1. The van der Waals surface area contributed by atoms with Crippen molar-refractivity contribution in [2.45, 2.75) is 4.90 Å². The number of rotatable bonds is 8. The number of carbonyl (C=O) groups excluding carboxylic acids is 1. The van der Waals surface area contributed by atoms with E-state index in [-0.39, 0.29) is 17.1 Å². The van der Waals surface area contributed by atoms with Crippen molar-refractivity contribution in [1.29, 1.82) is 0 Å². The van der Waals surface area contributed by atoms with Crippen molar-refractivity contribution in [1.82, 2.24) is 4.72 Å². The third-order valence-corrected chi connectivity index (χ3v) is 4.82. The molecule has 0 radical (unpaired) electrons. The Labute approximate surface area is 156 Å². The Balaban J connectivity index is 1.99. The number of nitro groups is 1. The highest BCUT2D eigenvalue weighted by Crippen LogP contribution is 2.15. The highest BCUT2D eigenvalue weighted by atomic mass is 32.2. The molecular formula is C18H17N3O5S. The van der Waals surface area contributed by atoms with Crippen LogP contribution in [0.15, 0.2) is 72.2 Å². The Morgan fingerprint density at radius 3 is 2.30 bits per heavy atom. The van der Waals surface area contributed by atoms with Crippen molar-refractivity contribution in [2.75, 3.05) is 11.9 Å². The average molecular weight is 387 g/mol. The van der Waals surface area contributed by atoms with E-state index >= 15 is 0 Å². The number of nitrogens with zero attached hydrogens (tertiary/aromatic N) is 1. The number of non-ortho nitro benzene ring substituents is 1. The fourth-order valence-corrected chi connectivity index (χ4v) is 3.03. The van der Waals surface area contributed by atoms with Crippen LogP contribution in [0.1, 0.15) is 5.56 Å². The molecule has 2 aromatic carbocycles. The van der Waals surface area contributed by atoms with Crippen molar-refractivity contribution >= 4 is 33.4 Å². The molecule has 1 amide bonds. The summed E-state index contributed by atoms with van der Waals surface area (Å²) in [5.74, 6) is -0.422. The second kappa shape index (κ2) is 8.88. The predicted octanol–water partition coefficient (Wildman–Crippen LogP) is 2.71. The Hall–Kier alpha value is -3.30. The van der Waals surface area contributed by atoms with Crippen LogP contribution in [0.3, 0.4) is 0 Å². The zero-order valence-corrected chi connectivity index (χ0v) is 15.0. The van der Waals surface area contributed by atoms with Gasteiger partial charge in [0, 0.05) is 30.4 Å². The van der Waals surface area contributed by atoms with Crippen molar-refractivity contribution < 1.29 is 18.1 Å². The van der Waals surface area contributed by atoms with Gasteiger partial charge in [0.1, 0.15) is 0 Å². The summed E-state index contributed by atoms with van der Waals surface area (Å²) in [5, 5.41) is 13.2. The SMILES string of the molecule is C=CCNS(=O)(=O)c1ccc(NC(=O)/C=C/c2ccc([N+](=O)[O-])cc2)cc1. The minimum absolute atomic E-state index is 0.0331. The van der Waals surface area contributed by atoms with E-state index < -0.39 is 20.9 Å². The molecule has 0 atom stereocenters. The van der Waals surface area contributed by atoms with Crippen LogP contribution in [0.5, 0.6) is 0 Å². The van der Waals surface area contributed by atoms with Crippen LogP contribution < -0.4 is 10.0 Å². The Morgan fingerprint density at radius 1 is 1.11 bits per heavy atom. The molecule has 140 valence electrons. The molecule has 8 nitrogen and oxygen atoms in total. The van der Waals surface area contributed by atoms with Crippen LogP contribution in [0.25, 0.3) is 6.08 Å². The molecule has 0 aromatic heterocycles. The number of nitrogens with one attached hydrogen (secondary N) is 2. The molecule has 0 aliphatic heterocycles. The van der Waals surface area contributed by atoms with Gasteiger partial charge in [0.2, 0.25) is 15.9 Å². The second-order valence-corrected chi connectivity index (χ2v) is 7.10. The lowest BCUT2D eigenvalue weighted by Crippen LogP contribution is -2.23. The molecule has 2 rings (SSSR count).